The third kappa shape index (κ3) is 4.73. The number of amides is 1. The van der Waals surface area contributed by atoms with Crippen LogP contribution in [-0.4, -0.2) is 43.7 Å². The van der Waals surface area contributed by atoms with Gasteiger partial charge in [-0.1, -0.05) is 43.9 Å². The van der Waals surface area contributed by atoms with Crippen molar-refractivity contribution in [3.05, 3.63) is 41.6 Å². The van der Waals surface area contributed by atoms with Crippen molar-refractivity contribution >= 4 is 38.9 Å². The number of hydrogen-bond donors (Lipinski definition) is 2. The first-order chi connectivity index (χ1) is 16.8. The predicted octanol–water partition coefficient (Wildman–Crippen LogP) is 4.08. The predicted molar refractivity (Wildman–Crippen MR) is 133 cm³/mol. The van der Waals surface area contributed by atoms with Gasteiger partial charge in [0.1, 0.15) is 11.8 Å². The highest BCUT2D eigenvalue weighted by Gasteiger charge is 2.41. The van der Waals surface area contributed by atoms with E-state index in [4.69, 9.17) is 16.3 Å². The Morgan fingerprint density at radius 1 is 1.29 bits per heavy atom. The molecule has 35 heavy (non-hydrogen) atoms. The van der Waals surface area contributed by atoms with Crippen molar-refractivity contribution in [2.24, 2.45) is 23.7 Å². The van der Waals surface area contributed by atoms with Crippen LogP contribution in [0.25, 0.3) is 0 Å². The molecule has 8 nitrogen and oxygen atoms in total. The van der Waals surface area contributed by atoms with E-state index >= 15 is 0 Å². The maximum Gasteiger partial charge on any atom is 0.264 e. The maximum atomic E-state index is 13.5. The van der Waals surface area contributed by atoms with E-state index < -0.39 is 16.1 Å². The molecular formula is C25H30ClN3O5S. The normalized spacial score (nSPS) is 26.5. The molecule has 0 bridgehead atoms. The molecular weight excluding hydrogens is 490 g/mol. The van der Waals surface area contributed by atoms with Gasteiger partial charge >= 0.3 is 0 Å². The van der Waals surface area contributed by atoms with Crippen LogP contribution in [0.15, 0.2) is 41.4 Å². The molecule has 4 atom stereocenters. The van der Waals surface area contributed by atoms with Crippen molar-refractivity contribution < 1.29 is 23.1 Å². The molecule has 10 heteroatoms. The quantitative estimate of drug-likeness (QED) is 0.595. The van der Waals surface area contributed by atoms with Gasteiger partial charge in [-0.15, -0.1) is 0 Å². The molecule has 2 heterocycles. The van der Waals surface area contributed by atoms with E-state index in [1.165, 1.54) is 37.6 Å². The van der Waals surface area contributed by atoms with E-state index in [0.29, 0.717) is 16.6 Å². The van der Waals surface area contributed by atoms with Gasteiger partial charge in [-0.2, -0.15) is 0 Å². The van der Waals surface area contributed by atoms with E-state index in [0.717, 1.165) is 29.0 Å². The lowest BCUT2D eigenvalue weighted by molar-refractivity contribution is -0.120. The fraction of sp³-hybridized carbons (Fsp3) is 0.520. The van der Waals surface area contributed by atoms with Gasteiger partial charge in [0.05, 0.1) is 29.9 Å². The minimum atomic E-state index is -4.02. The van der Waals surface area contributed by atoms with Gasteiger partial charge in [0.2, 0.25) is 11.8 Å². The third-order valence-corrected chi connectivity index (χ3v) is 9.76. The molecule has 0 radical (unpaired) electrons. The van der Waals surface area contributed by atoms with Crippen LogP contribution < -0.4 is 14.4 Å². The number of nitrogens with one attached hydrogen (secondary N) is 1. The Morgan fingerprint density at radius 2 is 2.03 bits per heavy atom. The molecule has 2 N–H and O–H groups in total. The summed E-state index contributed by atoms with van der Waals surface area (Å²) in [5.74, 6) is 1.72. The molecule has 1 aromatic carbocycles. The molecule has 2 unspecified atom stereocenters. The first-order valence-electron chi connectivity index (χ1n) is 12.1. The smallest absolute Gasteiger partial charge is 0.264 e. The Balaban J connectivity index is 1.39. The summed E-state index contributed by atoms with van der Waals surface area (Å²) in [7, 11) is -4.02. The number of pyridine rings is 1. The van der Waals surface area contributed by atoms with Gasteiger partial charge in [-0.05, 0) is 54.9 Å². The Hall–Kier alpha value is -2.36. The van der Waals surface area contributed by atoms with Gasteiger partial charge in [0.15, 0.2) is 0 Å². The molecule has 188 valence electrons. The van der Waals surface area contributed by atoms with Gasteiger partial charge in [-0.25, -0.2) is 13.4 Å². The molecule has 2 aliphatic carbocycles. The van der Waals surface area contributed by atoms with E-state index in [9.17, 15) is 18.3 Å². The Bertz CT molecular complexity index is 1210. The highest BCUT2D eigenvalue weighted by molar-refractivity contribution is 7.92. The topological polar surface area (TPSA) is 109 Å². The average molecular weight is 520 g/mol. The molecule has 2 aromatic rings. The molecule has 0 spiro atoms. The summed E-state index contributed by atoms with van der Waals surface area (Å²) in [5.41, 5.74) is 0.603. The molecule has 1 aliphatic heterocycles. The third-order valence-electron chi connectivity index (χ3n) is 7.75. The molecule has 5 rings (SSSR count). The minimum absolute atomic E-state index is 0.0179. The standard InChI is InChI=1S/C25H30ClN3O5S/c1-15(18-8-16-4-2-5-17(16)9-18)24(31)28-20-11-23-25(27-12-20)34-21(14-30)13-29(23)35(32,33)22-7-3-6-19(26)10-22/h3,6-7,10-12,15-18,21,30H,2,4-5,8-9,13-14H2,1H3,(H,28,31)/t15-,16?,17?,18?,21+/m0/s1. The lowest BCUT2D eigenvalue weighted by Crippen LogP contribution is -2.45. The monoisotopic (exact) mass is 519 g/mol. The molecule has 1 amide bonds. The largest absolute Gasteiger partial charge is 0.468 e. The fourth-order valence-electron chi connectivity index (χ4n) is 5.82. The van der Waals surface area contributed by atoms with Crippen molar-refractivity contribution in [1.82, 2.24) is 4.98 Å². The Morgan fingerprint density at radius 3 is 2.71 bits per heavy atom. The number of aliphatic hydroxyl groups excluding tert-OH is 1. The zero-order valence-corrected chi connectivity index (χ0v) is 21.1. The number of hydrogen-bond acceptors (Lipinski definition) is 6. The summed E-state index contributed by atoms with van der Waals surface area (Å²) < 4.78 is 33.8. The van der Waals surface area contributed by atoms with Gasteiger partial charge < -0.3 is 15.2 Å². The number of anilines is 2. The average Bonchev–Trinajstić information content (AvgIpc) is 3.45. The highest BCUT2D eigenvalue weighted by atomic mass is 35.5. The number of ether oxygens (including phenoxy) is 1. The number of fused-ring (bicyclic) bond motifs is 2. The Labute approximate surface area is 210 Å². The van der Waals surface area contributed by atoms with Crippen LogP contribution in [0.1, 0.15) is 39.0 Å². The number of halogens is 1. The first kappa shape index (κ1) is 24.3. The van der Waals surface area contributed by atoms with Crippen molar-refractivity contribution in [1.29, 1.82) is 0 Å². The van der Waals surface area contributed by atoms with Crippen LogP contribution in [0.5, 0.6) is 5.88 Å². The lowest BCUT2D eigenvalue weighted by atomic mass is 9.89. The second kappa shape index (κ2) is 9.59. The summed E-state index contributed by atoms with van der Waals surface area (Å²) in [4.78, 5) is 17.4. The number of carbonyl (C=O) groups is 1. The van der Waals surface area contributed by atoms with Crippen LogP contribution >= 0.6 is 11.6 Å². The summed E-state index contributed by atoms with van der Waals surface area (Å²) in [6.45, 7) is 1.50. The van der Waals surface area contributed by atoms with Crippen LogP contribution in [0.4, 0.5) is 11.4 Å². The van der Waals surface area contributed by atoms with Crippen LogP contribution in [0.3, 0.4) is 0 Å². The summed E-state index contributed by atoms with van der Waals surface area (Å²) in [6, 6.07) is 7.55. The van der Waals surface area contributed by atoms with Gasteiger partial charge in [0.25, 0.3) is 10.0 Å². The fourth-order valence-corrected chi connectivity index (χ4v) is 7.61. The van der Waals surface area contributed by atoms with Gasteiger partial charge in [0, 0.05) is 10.9 Å². The highest BCUT2D eigenvalue weighted by Crippen LogP contribution is 2.49. The molecule has 3 aliphatic rings. The lowest BCUT2D eigenvalue weighted by Gasteiger charge is -2.34. The number of aliphatic hydroxyl groups is 1. The number of rotatable bonds is 6. The number of sulfonamides is 1. The molecule has 0 saturated heterocycles. The van der Waals surface area contributed by atoms with E-state index in [2.05, 4.69) is 10.3 Å². The van der Waals surface area contributed by atoms with Crippen LogP contribution in [0.2, 0.25) is 5.02 Å². The van der Waals surface area contributed by atoms with Crippen LogP contribution in [-0.2, 0) is 14.8 Å². The second-order valence-electron chi connectivity index (χ2n) is 9.92. The number of aromatic nitrogens is 1. The minimum Gasteiger partial charge on any atom is -0.468 e. The van der Waals surface area contributed by atoms with Gasteiger partial charge in [-0.3, -0.25) is 9.10 Å². The van der Waals surface area contributed by atoms with E-state index in [1.54, 1.807) is 18.2 Å². The summed E-state index contributed by atoms with van der Waals surface area (Å²) >= 11 is 6.04. The molecule has 2 fully saturated rings. The summed E-state index contributed by atoms with van der Waals surface area (Å²) in [5, 5.41) is 12.9. The number of nitrogens with zero attached hydrogens (tertiary/aromatic N) is 2. The van der Waals surface area contributed by atoms with Crippen molar-refractivity contribution in [2.45, 2.75) is 50.0 Å². The zero-order chi connectivity index (χ0) is 24.7. The Kier molecular flexibility index (Phi) is 6.67. The van der Waals surface area contributed by atoms with Crippen molar-refractivity contribution in [3.8, 4) is 5.88 Å². The zero-order valence-electron chi connectivity index (χ0n) is 19.6. The summed E-state index contributed by atoms with van der Waals surface area (Å²) in [6.07, 6.45) is 6.74. The van der Waals surface area contributed by atoms with E-state index in [1.807, 2.05) is 6.92 Å². The number of carbonyl (C=O) groups excluding carboxylic acids is 1. The van der Waals surface area contributed by atoms with Crippen LogP contribution in [0, 0.1) is 23.7 Å². The second-order valence-corrected chi connectivity index (χ2v) is 12.2. The SMILES string of the molecule is C[C@H](C(=O)Nc1cnc2c(c1)N(S(=O)(=O)c1cccc(Cl)c1)C[C@H](CO)O2)C1CC2CCCC2C1. The molecule has 1 aromatic heterocycles. The first-order valence-corrected chi connectivity index (χ1v) is 13.9. The van der Waals surface area contributed by atoms with E-state index in [-0.39, 0.29) is 41.4 Å². The maximum absolute atomic E-state index is 13.5. The molecule has 2 saturated carbocycles. The van der Waals surface area contributed by atoms with Crippen molar-refractivity contribution in [2.75, 3.05) is 22.8 Å². The van der Waals surface area contributed by atoms with Crippen molar-refractivity contribution in [3.63, 3.8) is 0 Å². The number of benzene rings is 1.